The van der Waals surface area contributed by atoms with Crippen molar-refractivity contribution in [3.63, 3.8) is 0 Å². The van der Waals surface area contributed by atoms with Crippen molar-refractivity contribution < 1.29 is 8.81 Å². The van der Waals surface area contributed by atoms with Crippen molar-refractivity contribution in [3.8, 4) is 11.5 Å². The standard InChI is InChI=1S/C19H27FN4OS.HI/c1-3-21-19(22-11-4-5-13-26-2)23-12-10-17-14-25-18(24-17)15-6-8-16(20)9-7-15;/h6-9,14H,3-5,10-13H2,1-2H3,(H2,21,22,23);1H. The molecule has 0 saturated heterocycles. The van der Waals surface area contributed by atoms with Crippen LogP contribution in [-0.4, -0.2) is 42.6 Å². The summed E-state index contributed by atoms with van der Waals surface area (Å²) in [5.74, 6) is 2.25. The van der Waals surface area contributed by atoms with Gasteiger partial charge in [0.25, 0.3) is 0 Å². The van der Waals surface area contributed by atoms with E-state index in [4.69, 9.17) is 4.42 Å². The molecule has 8 heteroatoms. The van der Waals surface area contributed by atoms with Crippen LogP contribution in [0.2, 0.25) is 0 Å². The first kappa shape index (κ1) is 23.7. The van der Waals surface area contributed by atoms with E-state index in [9.17, 15) is 4.39 Å². The van der Waals surface area contributed by atoms with Crippen LogP contribution in [0.1, 0.15) is 25.5 Å². The van der Waals surface area contributed by atoms with Gasteiger partial charge in [-0.05, 0) is 56.0 Å². The van der Waals surface area contributed by atoms with Crippen molar-refractivity contribution in [2.24, 2.45) is 4.99 Å². The minimum atomic E-state index is -0.270. The van der Waals surface area contributed by atoms with Gasteiger partial charge < -0.3 is 15.1 Å². The largest absolute Gasteiger partial charge is 0.444 e. The number of unbranched alkanes of at least 4 members (excludes halogenated alkanes) is 1. The fourth-order valence-electron chi connectivity index (χ4n) is 2.35. The number of nitrogens with zero attached hydrogens (tertiary/aromatic N) is 2. The molecule has 0 unspecified atom stereocenters. The molecule has 0 aliphatic carbocycles. The topological polar surface area (TPSA) is 62.5 Å². The highest BCUT2D eigenvalue weighted by atomic mass is 127. The molecule has 0 bridgehead atoms. The molecule has 0 spiro atoms. The van der Waals surface area contributed by atoms with Gasteiger partial charge in [-0.1, -0.05) is 0 Å². The third kappa shape index (κ3) is 8.96. The van der Waals surface area contributed by atoms with Crippen LogP contribution in [0, 0.1) is 5.82 Å². The lowest BCUT2D eigenvalue weighted by Gasteiger charge is -2.10. The molecular weight excluding hydrogens is 478 g/mol. The number of rotatable bonds is 10. The van der Waals surface area contributed by atoms with Gasteiger partial charge in [0.15, 0.2) is 5.96 Å². The van der Waals surface area contributed by atoms with E-state index in [1.807, 2.05) is 11.8 Å². The number of halogens is 2. The summed E-state index contributed by atoms with van der Waals surface area (Å²) in [4.78, 5) is 9.04. The van der Waals surface area contributed by atoms with Crippen LogP contribution in [-0.2, 0) is 6.42 Å². The van der Waals surface area contributed by atoms with Gasteiger partial charge in [0.05, 0.1) is 5.69 Å². The molecule has 0 fully saturated rings. The third-order valence-electron chi connectivity index (χ3n) is 3.69. The van der Waals surface area contributed by atoms with E-state index in [1.54, 1.807) is 18.4 Å². The average molecular weight is 506 g/mol. The summed E-state index contributed by atoms with van der Waals surface area (Å²) in [5, 5.41) is 6.57. The highest BCUT2D eigenvalue weighted by Gasteiger charge is 2.07. The molecule has 2 N–H and O–H groups in total. The molecule has 0 aliphatic rings. The summed E-state index contributed by atoms with van der Waals surface area (Å²) >= 11 is 1.87. The van der Waals surface area contributed by atoms with E-state index in [1.165, 1.54) is 24.3 Å². The number of thioether (sulfide) groups is 1. The van der Waals surface area contributed by atoms with E-state index in [0.717, 1.165) is 43.1 Å². The quantitative estimate of drug-likeness (QED) is 0.217. The lowest BCUT2D eigenvalue weighted by molar-refractivity contribution is 0.571. The summed E-state index contributed by atoms with van der Waals surface area (Å²) in [6.07, 6.45) is 6.78. The number of aliphatic imine (C=N–C) groups is 1. The van der Waals surface area contributed by atoms with Crippen molar-refractivity contribution in [3.05, 3.63) is 42.0 Å². The highest BCUT2D eigenvalue weighted by Crippen LogP contribution is 2.18. The highest BCUT2D eigenvalue weighted by molar-refractivity contribution is 14.0. The molecule has 0 amide bonds. The Kier molecular flexibility index (Phi) is 12.2. The van der Waals surface area contributed by atoms with Crippen LogP contribution in [0.25, 0.3) is 11.5 Å². The van der Waals surface area contributed by atoms with Gasteiger partial charge in [-0.15, -0.1) is 24.0 Å². The molecule has 2 aromatic rings. The predicted octanol–water partition coefficient (Wildman–Crippen LogP) is 4.34. The molecule has 27 heavy (non-hydrogen) atoms. The smallest absolute Gasteiger partial charge is 0.226 e. The Labute approximate surface area is 182 Å². The molecular formula is C19H28FIN4OS. The zero-order valence-corrected chi connectivity index (χ0v) is 19.0. The van der Waals surface area contributed by atoms with Crippen molar-refractivity contribution in [2.45, 2.75) is 26.2 Å². The molecule has 0 saturated carbocycles. The number of hydrogen-bond acceptors (Lipinski definition) is 4. The maximum Gasteiger partial charge on any atom is 0.226 e. The zero-order chi connectivity index (χ0) is 18.6. The van der Waals surface area contributed by atoms with Crippen LogP contribution >= 0.6 is 35.7 Å². The number of benzene rings is 1. The fourth-order valence-corrected chi connectivity index (χ4v) is 2.84. The Balaban J connectivity index is 0.00000364. The van der Waals surface area contributed by atoms with E-state index in [2.05, 4.69) is 33.8 Å². The molecule has 150 valence electrons. The summed E-state index contributed by atoms with van der Waals surface area (Å²) in [6, 6.07) is 6.13. The molecule has 1 aromatic carbocycles. The number of aromatic nitrogens is 1. The maximum atomic E-state index is 13.0. The van der Waals surface area contributed by atoms with Crippen LogP contribution < -0.4 is 10.6 Å². The normalized spacial score (nSPS) is 11.1. The van der Waals surface area contributed by atoms with Gasteiger partial charge in [-0.25, -0.2) is 9.37 Å². The lowest BCUT2D eigenvalue weighted by atomic mass is 10.2. The number of nitrogens with one attached hydrogen (secondary N) is 2. The monoisotopic (exact) mass is 506 g/mol. The van der Waals surface area contributed by atoms with Crippen LogP contribution in [0.5, 0.6) is 0 Å². The summed E-state index contributed by atoms with van der Waals surface area (Å²) in [5.41, 5.74) is 1.62. The van der Waals surface area contributed by atoms with Crippen LogP contribution in [0.4, 0.5) is 4.39 Å². The Morgan fingerprint density at radius 3 is 2.70 bits per heavy atom. The SMILES string of the molecule is CCNC(=NCCCCSC)NCCc1coc(-c2ccc(F)cc2)n1.I. The number of guanidine groups is 1. The first-order chi connectivity index (χ1) is 12.7. The predicted molar refractivity (Wildman–Crippen MR) is 123 cm³/mol. The van der Waals surface area contributed by atoms with Crippen LogP contribution in [0.15, 0.2) is 39.9 Å². The minimum absolute atomic E-state index is 0. The molecule has 0 atom stereocenters. The van der Waals surface area contributed by atoms with Gasteiger partial charge in [0.2, 0.25) is 5.89 Å². The first-order valence-corrected chi connectivity index (χ1v) is 10.3. The van der Waals surface area contributed by atoms with Crippen molar-refractivity contribution in [1.29, 1.82) is 0 Å². The Morgan fingerprint density at radius 1 is 1.22 bits per heavy atom. The lowest BCUT2D eigenvalue weighted by Crippen LogP contribution is -2.38. The zero-order valence-electron chi connectivity index (χ0n) is 15.8. The Hall–Kier alpha value is -1.29. The van der Waals surface area contributed by atoms with Crippen molar-refractivity contribution in [1.82, 2.24) is 15.6 Å². The van der Waals surface area contributed by atoms with Gasteiger partial charge >= 0.3 is 0 Å². The first-order valence-electron chi connectivity index (χ1n) is 8.94. The number of hydrogen-bond donors (Lipinski definition) is 2. The van der Waals surface area contributed by atoms with Gasteiger partial charge in [0, 0.05) is 31.6 Å². The van der Waals surface area contributed by atoms with E-state index in [0.29, 0.717) is 12.4 Å². The fraction of sp³-hybridized carbons (Fsp3) is 0.474. The average Bonchev–Trinajstić information content (AvgIpc) is 3.11. The molecule has 1 aromatic heterocycles. The second kappa shape index (κ2) is 13.8. The van der Waals surface area contributed by atoms with E-state index in [-0.39, 0.29) is 29.8 Å². The van der Waals surface area contributed by atoms with E-state index >= 15 is 0 Å². The van der Waals surface area contributed by atoms with Crippen molar-refractivity contribution >= 4 is 41.7 Å². The summed E-state index contributed by atoms with van der Waals surface area (Å²) in [6.45, 7) is 4.42. The van der Waals surface area contributed by atoms with Crippen molar-refractivity contribution in [2.75, 3.05) is 31.6 Å². The second-order valence-corrected chi connectivity index (χ2v) is 6.77. The molecule has 1 heterocycles. The van der Waals surface area contributed by atoms with Gasteiger partial charge in [-0.3, -0.25) is 4.99 Å². The third-order valence-corrected chi connectivity index (χ3v) is 4.38. The Morgan fingerprint density at radius 2 is 2.00 bits per heavy atom. The van der Waals surface area contributed by atoms with E-state index < -0.39 is 0 Å². The molecule has 0 aliphatic heterocycles. The second-order valence-electron chi connectivity index (χ2n) is 5.79. The minimum Gasteiger partial charge on any atom is -0.444 e. The molecule has 5 nitrogen and oxygen atoms in total. The molecule has 0 radical (unpaired) electrons. The van der Waals surface area contributed by atoms with Gasteiger partial charge in [-0.2, -0.15) is 11.8 Å². The van der Waals surface area contributed by atoms with Gasteiger partial charge in [0.1, 0.15) is 12.1 Å². The maximum absolute atomic E-state index is 13.0. The molecule has 2 rings (SSSR count). The number of oxazole rings is 1. The summed E-state index contributed by atoms with van der Waals surface area (Å²) in [7, 11) is 0. The summed E-state index contributed by atoms with van der Waals surface area (Å²) < 4.78 is 18.5. The Bertz CT molecular complexity index is 679. The van der Waals surface area contributed by atoms with Crippen LogP contribution in [0.3, 0.4) is 0 Å².